The number of nitrogens with one attached hydrogen (secondary N) is 1. The molecular formula is C21H28N2O2. The zero-order valence-electron chi connectivity index (χ0n) is 15.0. The first kappa shape index (κ1) is 16.8. The molecular weight excluding hydrogens is 312 g/mol. The maximum Gasteiger partial charge on any atom is 0.126 e. The van der Waals surface area contributed by atoms with Gasteiger partial charge in [-0.3, -0.25) is 4.90 Å². The quantitative estimate of drug-likeness (QED) is 0.927. The van der Waals surface area contributed by atoms with E-state index in [0.29, 0.717) is 12.0 Å². The second-order valence-corrected chi connectivity index (χ2v) is 7.08. The van der Waals surface area contributed by atoms with Gasteiger partial charge in [0.15, 0.2) is 0 Å². The van der Waals surface area contributed by atoms with Crippen LogP contribution in [0.4, 0.5) is 0 Å². The Labute approximate surface area is 150 Å². The second-order valence-electron chi connectivity index (χ2n) is 7.08. The number of nitrogens with zero attached hydrogens (tertiary/aromatic N) is 1. The lowest BCUT2D eigenvalue weighted by atomic mass is 9.83. The summed E-state index contributed by atoms with van der Waals surface area (Å²) in [5.74, 6) is 1.62. The van der Waals surface area contributed by atoms with Crippen molar-refractivity contribution in [2.24, 2.45) is 5.92 Å². The second kappa shape index (κ2) is 7.73. The summed E-state index contributed by atoms with van der Waals surface area (Å²) in [7, 11) is 1.76. The Bertz CT molecular complexity index is 688. The molecule has 2 saturated heterocycles. The van der Waals surface area contributed by atoms with Crippen molar-refractivity contribution in [2.45, 2.75) is 18.9 Å². The molecule has 4 rings (SSSR count). The number of ether oxygens (including phenoxy) is 2. The maximum absolute atomic E-state index is 5.65. The Morgan fingerprint density at radius 3 is 2.48 bits per heavy atom. The number of hydrogen-bond acceptors (Lipinski definition) is 4. The molecule has 1 atom stereocenters. The molecule has 0 saturated carbocycles. The van der Waals surface area contributed by atoms with Crippen LogP contribution in [-0.2, 0) is 4.74 Å². The van der Waals surface area contributed by atoms with E-state index in [1.807, 2.05) is 0 Å². The first-order valence-corrected chi connectivity index (χ1v) is 9.46. The van der Waals surface area contributed by atoms with E-state index in [1.54, 1.807) is 7.11 Å². The van der Waals surface area contributed by atoms with Crippen LogP contribution in [-0.4, -0.2) is 51.4 Å². The Kier molecular flexibility index (Phi) is 5.20. The molecule has 2 aliphatic heterocycles. The van der Waals surface area contributed by atoms with Crippen LogP contribution >= 0.6 is 0 Å². The van der Waals surface area contributed by atoms with Gasteiger partial charge < -0.3 is 14.8 Å². The van der Waals surface area contributed by atoms with Crippen LogP contribution in [0.1, 0.15) is 24.4 Å². The molecule has 0 radical (unpaired) electrons. The Hall–Kier alpha value is -1.62. The molecule has 2 aromatic carbocycles. The van der Waals surface area contributed by atoms with Crippen molar-refractivity contribution in [1.82, 2.24) is 10.2 Å². The highest BCUT2D eigenvalue weighted by molar-refractivity contribution is 5.91. The number of rotatable bonds is 4. The standard InChI is InChI=1S/C21H28N2O2/c1-24-20-7-6-19(17-4-2-3-5-18(17)20)21(16-8-14-25-15-9-16)23-12-10-22-11-13-23/h2-7,16,21-22H,8-15H2,1H3/t21-/m0/s1. The van der Waals surface area contributed by atoms with Crippen molar-refractivity contribution in [1.29, 1.82) is 0 Å². The molecule has 0 amide bonds. The van der Waals surface area contributed by atoms with Crippen LogP contribution in [0.25, 0.3) is 10.8 Å². The molecule has 0 aromatic heterocycles. The highest BCUT2D eigenvalue weighted by Crippen LogP contribution is 2.40. The van der Waals surface area contributed by atoms with Gasteiger partial charge in [0.2, 0.25) is 0 Å². The predicted octanol–water partition coefficient (Wildman–Crippen LogP) is 3.22. The molecule has 2 aliphatic rings. The van der Waals surface area contributed by atoms with E-state index in [-0.39, 0.29) is 0 Å². The third kappa shape index (κ3) is 3.39. The van der Waals surface area contributed by atoms with Gasteiger partial charge in [-0.05, 0) is 35.8 Å². The lowest BCUT2D eigenvalue weighted by molar-refractivity contribution is 0.0217. The normalized spacial score (nSPS) is 21.3. The molecule has 2 aromatic rings. The fraction of sp³-hybridized carbons (Fsp3) is 0.524. The van der Waals surface area contributed by atoms with Crippen molar-refractivity contribution in [2.75, 3.05) is 46.5 Å². The molecule has 0 spiro atoms. The Morgan fingerprint density at radius 2 is 1.76 bits per heavy atom. The average molecular weight is 340 g/mol. The average Bonchev–Trinajstić information content (AvgIpc) is 2.70. The lowest BCUT2D eigenvalue weighted by Gasteiger charge is -2.41. The predicted molar refractivity (Wildman–Crippen MR) is 101 cm³/mol. The minimum absolute atomic E-state index is 0.460. The minimum atomic E-state index is 0.460. The summed E-state index contributed by atoms with van der Waals surface area (Å²) in [5, 5.41) is 6.04. The van der Waals surface area contributed by atoms with Crippen LogP contribution in [0.15, 0.2) is 36.4 Å². The van der Waals surface area contributed by atoms with E-state index in [9.17, 15) is 0 Å². The number of benzene rings is 2. The Morgan fingerprint density at radius 1 is 1.04 bits per heavy atom. The van der Waals surface area contributed by atoms with Crippen LogP contribution in [0.2, 0.25) is 0 Å². The summed E-state index contributed by atoms with van der Waals surface area (Å²) >= 11 is 0. The molecule has 4 heteroatoms. The molecule has 0 bridgehead atoms. The van der Waals surface area contributed by atoms with Gasteiger partial charge in [-0.2, -0.15) is 0 Å². The van der Waals surface area contributed by atoms with E-state index in [4.69, 9.17) is 9.47 Å². The van der Waals surface area contributed by atoms with Crippen molar-refractivity contribution >= 4 is 10.8 Å². The molecule has 2 heterocycles. The molecule has 2 fully saturated rings. The zero-order valence-corrected chi connectivity index (χ0v) is 15.0. The van der Waals surface area contributed by atoms with Gasteiger partial charge in [-0.1, -0.05) is 30.3 Å². The van der Waals surface area contributed by atoms with E-state index < -0.39 is 0 Å². The molecule has 1 N–H and O–H groups in total. The minimum Gasteiger partial charge on any atom is -0.496 e. The fourth-order valence-corrected chi connectivity index (χ4v) is 4.47. The van der Waals surface area contributed by atoms with E-state index in [1.165, 1.54) is 16.3 Å². The number of fused-ring (bicyclic) bond motifs is 1. The molecule has 4 nitrogen and oxygen atoms in total. The maximum atomic E-state index is 5.65. The third-order valence-corrected chi connectivity index (χ3v) is 5.71. The topological polar surface area (TPSA) is 33.7 Å². The summed E-state index contributed by atoms with van der Waals surface area (Å²) in [6.07, 6.45) is 2.30. The van der Waals surface area contributed by atoms with Crippen LogP contribution in [0.5, 0.6) is 5.75 Å². The highest BCUT2D eigenvalue weighted by atomic mass is 16.5. The van der Waals surface area contributed by atoms with Gasteiger partial charge in [0.1, 0.15) is 5.75 Å². The van der Waals surface area contributed by atoms with Gasteiger partial charge in [0, 0.05) is 50.8 Å². The molecule has 0 aliphatic carbocycles. The van der Waals surface area contributed by atoms with Gasteiger partial charge in [-0.25, -0.2) is 0 Å². The van der Waals surface area contributed by atoms with Crippen molar-refractivity contribution in [3.63, 3.8) is 0 Å². The monoisotopic (exact) mass is 340 g/mol. The van der Waals surface area contributed by atoms with Gasteiger partial charge in [0.25, 0.3) is 0 Å². The van der Waals surface area contributed by atoms with Crippen LogP contribution in [0.3, 0.4) is 0 Å². The van der Waals surface area contributed by atoms with E-state index in [2.05, 4.69) is 46.6 Å². The molecule has 25 heavy (non-hydrogen) atoms. The van der Waals surface area contributed by atoms with Crippen LogP contribution < -0.4 is 10.1 Å². The van der Waals surface area contributed by atoms with Gasteiger partial charge in [-0.15, -0.1) is 0 Å². The van der Waals surface area contributed by atoms with Crippen molar-refractivity contribution < 1.29 is 9.47 Å². The molecule has 0 unspecified atom stereocenters. The summed E-state index contributed by atoms with van der Waals surface area (Å²) < 4.78 is 11.3. The first-order chi connectivity index (χ1) is 12.4. The summed E-state index contributed by atoms with van der Waals surface area (Å²) in [6, 6.07) is 13.6. The van der Waals surface area contributed by atoms with Crippen molar-refractivity contribution in [3.8, 4) is 5.75 Å². The Balaban J connectivity index is 1.79. The smallest absolute Gasteiger partial charge is 0.126 e. The van der Waals surface area contributed by atoms with Crippen LogP contribution in [0, 0.1) is 5.92 Å². The number of hydrogen-bond donors (Lipinski definition) is 1. The summed E-state index contributed by atoms with van der Waals surface area (Å²) in [4.78, 5) is 2.68. The van der Waals surface area contributed by atoms with Crippen molar-refractivity contribution in [3.05, 3.63) is 42.0 Å². The lowest BCUT2D eigenvalue weighted by Crippen LogP contribution is -2.47. The summed E-state index contributed by atoms with van der Waals surface area (Å²) in [6.45, 7) is 6.16. The molecule has 134 valence electrons. The SMILES string of the molecule is COc1ccc([C@H](C2CCOCC2)N2CCNCC2)c2ccccc12. The van der Waals surface area contributed by atoms with Gasteiger partial charge >= 0.3 is 0 Å². The summed E-state index contributed by atoms with van der Waals surface area (Å²) in [5.41, 5.74) is 1.45. The highest BCUT2D eigenvalue weighted by Gasteiger charge is 2.32. The number of methoxy groups -OCH3 is 1. The van der Waals surface area contributed by atoms with E-state index in [0.717, 1.165) is 58.0 Å². The first-order valence-electron chi connectivity index (χ1n) is 9.46. The number of piperazine rings is 1. The fourth-order valence-electron chi connectivity index (χ4n) is 4.47. The largest absolute Gasteiger partial charge is 0.496 e. The third-order valence-electron chi connectivity index (χ3n) is 5.71. The van der Waals surface area contributed by atoms with Gasteiger partial charge in [0.05, 0.1) is 7.11 Å². The zero-order chi connectivity index (χ0) is 17.1. The van der Waals surface area contributed by atoms with E-state index >= 15 is 0 Å².